The van der Waals surface area contributed by atoms with Crippen molar-refractivity contribution < 1.29 is 22.8 Å². The van der Waals surface area contributed by atoms with E-state index in [1.54, 1.807) is 5.32 Å². The minimum atomic E-state index is -4.87. The van der Waals surface area contributed by atoms with E-state index >= 15 is 0 Å². The van der Waals surface area contributed by atoms with Crippen molar-refractivity contribution in [2.75, 3.05) is 13.1 Å². The van der Waals surface area contributed by atoms with Gasteiger partial charge in [0.2, 0.25) is 5.91 Å². The van der Waals surface area contributed by atoms with E-state index in [4.69, 9.17) is 0 Å². The first kappa shape index (κ1) is 17.0. The summed E-state index contributed by atoms with van der Waals surface area (Å²) in [6, 6.07) is 7.49. The third kappa shape index (κ3) is 6.78. The Bertz CT molecular complexity index is 484. The van der Waals surface area contributed by atoms with E-state index in [1.165, 1.54) is 0 Å². The van der Waals surface area contributed by atoms with Gasteiger partial charge in [0.25, 0.3) is 0 Å². The van der Waals surface area contributed by atoms with Crippen LogP contribution in [0.5, 0.6) is 0 Å². The lowest BCUT2D eigenvalue weighted by atomic mass is 10.1. The van der Waals surface area contributed by atoms with Gasteiger partial charge in [-0.05, 0) is 18.9 Å². The molecule has 0 aliphatic heterocycles. The monoisotopic (exact) mass is 302 g/mol. The van der Waals surface area contributed by atoms with Crippen LogP contribution in [0.2, 0.25) is 0 Å². The highest BCUT2D eigenvalue weighted by Crippen LogP contribution is 2.13. The van der Waals surface area contributed by atoms with Crippen LogP contribution in [0.1, 0.15) is 17.5 Å². The molecule has 0 aliphatic rings. The first-order chi connectivity index (χ1) is 9.79. The van der Waals surface area contributed by atoms with Gasteiger partial charge in [-0.3, -0.25) is 9.59 Å². The summed E-state index contributed by atoms with van der Waals surface area (Å²) in [6.45, 7) is 2.02. The van der Waals surface area contributed by atoms with E-state index in [0.29, 0.717) is 0 Å². The number of carbonyl (C=O) groups excluding carboxylic acids is 2. The molecular formula is C14H17F3N2O2. The smallest absolute Gasteiger partial charge is 0.356 e. The number of alkyl halides is 3. The zero-order valence-electron chi connectivity index (χ0n) is 11.6. The summed E-state index contributed by atoms with van der Waals surface area (Å²) in [7, 11) is 0. The number of nitrogens with one attached hydrogen (secondary N) is 2. The molecule has 2 amide bonds. The van der Waals surface area contributed by atoms with Crippen molar-refractivity contribution in [3.05, 3.63) is 35.4 Å². The normalized spacial score (nSPS) is 11.0. The molecule has 1 rings (SSSR count). The van der Waals surface area contributed by atoms with Gasteiger partial charge in [0.15, 0.2) is 0 Å². The number of amides is 2. The highest BCUT2D eigenvalue weighted by Gasteiger charge is 2.38. The van der Waals surface area contributed by atoms with Gasteiger partial charge in [0.1, 0.15) is 0 Å². The predicted molar refractivity (Wildman–Crippen MR) is 71.6 cm³/mol. The molecule has 2 N–H and O–H groups in total. The van der Waals surface area contributed by atoms with Crippen molar-refractivity contribution in [2.45, 2.75) is 25.9 Å². The van der Waals surface area contributed by atoms with E-state index in [0.717, 1.165) is 11.1 Å². The molecule has 7 heteroatoms. The van der Waals surface area contributed by atoms with Crippen LogP contribution < -0.4 is 10.6 Å². The number of hydrogen-bond donors (Lipinski definition) is 2. The van der Waals surface area contributed by atoms with Crippen LogP contribution in [-0.4, -0.2) is 31.1 Å². The van der Waals surface area contributed by atoms with Crippen molar-refractivity contribution in [3.63, 3.8) is 0 Å². The molecule has 0 saturated heterocycles. The summed E-state index contributed by atoms with van der Waals surface area (Å²) in [4.78, 5) is 22.1. The fraction of sp³-hybridized carbons (Fsp3) is 0.429. The predicted octanol–water partition coefficient (Wildman–Crippen LogP) is 1.72. The maximum Gasteiger partial charge on any atom is 0.471 e. The van der Waals surface area contributed by atoms with Crippen LogP contribution in [0.15, 0.2) is 24.3 Å². The van der Waals surface area contributed by atoms with Gasteiger partial charge in [0, 0.05) is 13.1 Å². The second-order valence-corrected chi connectivity index (χ2v) is 4.62. The van der Waals surface area contributed by atoms with E-state index in [-0.39, 0.29) is 31.8 Å². The lowest BCUT2D eigenvalue weighted by Crippen LogP contribution is -2.38. The van der Waals surface area contributed by atoms with Gasteiger partial charge in [-0.25, -0.2) is 0 Å². The Morgan fingerprint density at radius 1 is 1.05 bits per heavy atom. The Morgan fingerprint density at radius 3 is 2.19 bits per heavy atom. The fourth-order valence-electron chi connectivity index (χ4n) is 1.57. The zero-order valence-corrected chi connectivity index (χ0v) is 11.6. The average molecular weight is 302 g/mol. The molecule has 21 heavy (non-hydrogen) atoms. The van der Waals surface area contributed by atoms with Gasteiger partial charge in [0.05, 0.1) is 6.42 Å². The van der Waals surface area contributed by atoms with Crippen LogP contribution >= 0.6 is 0 Å². The van der Waals surface area contributed by atoms with Crippen molar-refractivity contribution in [2.24, 2.45) is 0 Å². The summed E-state index contributed by atoms with van der Waals surface area (Å²) in [5.41, 5.74) is 1.96. The van der Waals surface area contributed by atoms with Crippen LogP contribution in [-0.2, 0) is 16.0 Å². The fourth-order valence-corrected chi connectivity index (χ4v) is 1.57. The van der Waals surface area contributed by atoms with Gasteiger partial charge in [-0.2, -0.15) is 13.2 Å². The molecule has 1 aromatic rings. The van der Waals surface area contributed by atoms with Crippen molar-refractivity contribution in [1.82, 2.24) is 10.6 Å². The topological polar surface area (TPSA) is 58.2 Å². The van der Waals surface area contributed by atoms with E-state index in [1.807, 2.05) is 31.2 Å². The second-order valence-electron chi connectivity index (χ2n) is 4.62. The third-order valence-corrected chi connectivity index (χ3v) is 2.70. The Morgan fingerprint density at radius 2 is 1.62 bits per heavy atom. The molecule has 0 heterocycles. The Hall–Kier alpha value is -2.05. The van der Waals surface area contributed by atoms with Crippen molar-refractivity contribution >= 4 is 11.8 Å². The van der Waals surface area contributed by atoms with Crippen LogP contribution in [0.25, 0.3) is 0 Å². The third-order valence-electron chi connectivity index (χ3n) is 2.70. The van der Waals surface area contributed by atoms with Crippen LogP contribution in [0, 0.1) is 6.92 Å². The van der Waals surface area contributed by atoms with E-state index < -0.39 is 12.1 Å². The second kappa shape index (κ2) is 7.66. The molecule has 0 fully saturated rings. The molecule has 0 unspecified atom stereocenters. The summed E-state index contributed by atoms with van der Waals surface area (Å²) in [5, 5.41) is 4.32. The van der Waals surface area contributed by atoms with E-state index in [2.05, 4.69) is 5.32 Å². The van der Waals surface area contributed by atoms with Gasteiger partial charge < -0.3 is 10.6 Å². The molecule has 1 aromatic carbocycles. The SMILES string of the molecule is Cc1ccc(CC(=O)NCCCNC(=O)C(F)(F)F)cc1. The highest BCUT2D eigenvalue weighted by molar-refractivity contribution is 5.81. The first-order valence-corrected chi connectivity index (χ1v) is 6.46. The first-order valence-electron chi connectivity index (χ1n) is 6.46. The molecule has 0 saturated carbocycles. The van der Waals surface area contributed by atoms with Crippen LogP contribution in [0.3, 0.4) is 0 Å². The number of halogens is 3. The Kier molecular flexibility index (Phi) is 6.20. The minimum absolute atomic E-state index is 0.136. The average Bonchev–Trinajstić information content (AvgIpc) is 2.39. The number of aryl methyl sites for hydroxylation is 1. The molecular weight excluding hydrogens is 285 g/mol. The van der Waals surface area contributed by atoms with E-state index in [9.17, 15) is 22.8 Å². The molecule has 116 valence electrons. The number of hydrogen-bond acceptors (Lipinski definition) is 2. The summed E-state index contributed by atoms with van der Waals surface area (Å²) in [5.74, 6) is -2.17. The molecule has 0 bridgehead atoms. The summed E-state index contributed by atoms with van der Waals surface area (Å²) >= 11 is 0. The Balaban J connectivity index is 2.17. The summed E-state index contributed by atoms with van der Waals surface area (Å²) in [6.07, 6.45) is -4.41. The lowest BCUT2D eigenvalue weighted by molar-refractivity contribution is -0.173. The number of rotatable bonds is 6. The van der Waals surface area contributed by atoms with Gasteiger partial charge >= 0.3 is 12.1 Å². The quantitative estimate of drug-likeness (QED) is 0.786. The number of carbonyl (C=O) groups is 2. The van der Waals surface area contributed by atoms with Gasteiger partial charge in [-0.15, -0.1) is 0 Å². The lowest BCUT2D eigenvalue weighted by Gasteiger charge is -2.08. The molecule has 0 aliphatic carbocycles. The maximum absolute atomic E-state index is 11.9. The maximum atomic E-state index is 11.9. The van der Waals surface area contributed by atoms with Gasteiger partial charge in [-0.1, -0.05) is 29.8 Å². The van der Waals surface area contributed by atoms with Crippen LogP contribution in [0.4, 0.5) is 13.2 Å². The highest BCUT2D eigenvalue weighted by atomic mass is 19.4. The van der Waals surface area contributed by atoms with Crippen molar-refractivity contribution in [1.29, 1.82) is 0 Å². The summed E-state index contributed by atoms with van der Waals surface area (Å²) < 4.78 is 35.6. The molecule has 0 radical (unpaired) electrons. The molecule has 0 aromatic heterocycles. The standard InChI is InChI=1S/C14H17F3N2O2/c1-10-3-5-11(6-4-10)9-12(20)18-7-2-8-19-13(21)14(15,16)17/h3-6H,2,7-9H2,1H3,(H,18,20)(H,19,21). The molecule has 0 atom stereocenters. The largest absolute Gasteiger partial charge is 0.471 e. The number of benzene rings is 1. The molecule has 0 spiro atoms. The Labute approximate surface area is 120 Å². The zero-order chi connectivity index (χ0) is 15.9. The molecule has 4 nitrogen and oxygen atoms in total. The van der Waals surface area contributed by atoms with Crippen molar-refractivity contribution in [3.8, 4) is 0 Å². The minimum Gasteiger partial charge on any atom is -0.356 e.